The summed E-state index contributed by atoms with van der Waals surface area (Å²) in [5.41, 5.74) is 3.22. The number of aromatic nitrogens is 1. The van der Waals surface area contributed by atoms with Gasteiger partial charge in [-0.1, -0.05) is 6.07 Å². The first-order valence-electron chi connectivity index (χ1n) is 8.47. The van der Waals surface area contributed by atoms with Crippen LogP contribution in [-0.2, 0) is 23.4 Å². The van der Waals surface area contributed by atoms with Crippen LogP contribution in [0, 0.1) is 11.7 Å². The molecule has 2 aliphatic rings. The summed E-state index contributed by atoms with van der Waals surface area (Å²) in [5.74, 6) is -2.34. The standard InChI is InChI=1S/C18H15F4N3O3/c19-6-15-24-12(7-27-15)13(26)4-8-1-2-11(20)9(3-8)18(16(21)22)10-5-14(10)28-17(23)25-18/h1-3,7,10,14,16H,4-6H2,(H2,23,25)/t10-,14+,18+/m0/s1. The molecule has 1 saturated carbocycles. The molecule has 0 unspecified atom stereocenters. The van der Waals surface area contributed by atoms with Crippen LogP contribution in [0.25, 0.3) is 0 Å². The normalized spacial score (nSPS) is 25.8. The highest BCUT2D eigenvalue weighted by atomic mass is 19.3. The maximum Gasteiger partial charge on any atom is 0.283 e. The minimum absolute atomic E-state index is 0.0994. The Hall–Kier alpha value is -2.91. The molecule has 0 amide bonds. The summed E-state index contributed by atoms with van der Waals surface area (Å²) in [4.78, 5) is 19.8. The number of hydrogen-bond acceptors (Lipinski definition) is 6. The zero-order valence-corrected chi connectivity index (χ0v) is 14.4. The van der Waals surface area contributed by atoms with Gasteiger partial charge in [-0.3, -0.25) is 4.79 Å². The molecule has 1 aromatic carbocycles. The van der Waals surface area contributed by atoms with E-state index in [2.05, 4.69) is 9.98 Å². The van der Waals surface area contributed by atoms with Crippen molar-refractivity contribution in [3.05, 3.63) is 53.0 Å². The Morgan fingerprint density at radius 1 is 1.39 bits per heavy atom. The number of rotatable bonds is 6. The maximum absolute atomic E-state index is 14.5. The van der Waals surface area contributed by atoms with Gasteiger partial charge in [0, 0.05) is 17.9 Å². The van der Waals surface area contributed by atoms with Crippen LogP contribution in [0.4, 0.5) is 17.6 Å². The largest absolute Gasteiger partial charge is 0.462 e. The van der Waals surface area contributed by atoms with E-state index in [1.807, 2.05) is 0 Å². The third-order valence-electron chi connectivity index (χ3n) is 4.98. The number of amidine groups is 1. The van der Waals surface area contributed by atoms with Gasteiger partial charge in [0.2, 0.25) is 5.89 Å². The molecule has 2 aromatic rings. The number of benzene rings is 1. The van der Waals surface area contributed by atoms with Gasteiger partial charge in [0.05, 0.1) is 0 Å². The number of ketones is 1. The van der Waals surface area contributed by atoms with Crippen molar-refractivity contribution < 1.29 is 31.5 Å². The number of halogens is 4. The van der Waals surface area contributed by atoms with Gasteiger partial charge in [-0.15, -0.1) is 0 Å². The fraction of sp³-hybridized carbons (Fsp3) is 0.389. The van der Waals surface area contributed by atoms with Crippen LogP contribution in [0.5, 0.6) is 0 Å². The van der Waals surface area contributed by atoms with E-state index in [-0.39, 0.29) is 35.6 Å². The summed E-state index contributed by atoms with van der Waals surface area (Å²) in [6.07, 6.45) is -2.52. The highest BCUT2D eigenvalue weighted by molar-refractivity contribution is 5.95. The van der Waals surface area contributed by atoms with Crippen molar-refractivity contribution in [1.29, 1.82) is 0 Å². The first kappa shape index (κ1) is 18.5. The van der Waals surface area contributed by atoms with E-state index in [1.165, 1.54) is 12.1 Å². The van der Waals surface area contributed by atoms with Crippen molar-refractivity contribution in [2.45, 2.75) is 37.6 Å². The van der Waals surface area contributed by atoms with Gasteiger partial charge in [-0.2, -0.15) is 0 Å². The summed E-state index contributed by atoms with van der Waals surface area (Å²) in [6.45, 7) is -0.963. The minimum atomic E-state index is -3.02. The number of nitrogens with zero attached hydrogens (tertiary/aromatic N) is 2. The SMILES string of the molecule is NC1=N[C@@](c2cc(CC(=O)c3coc(CF)n3)ccc2F)(C(F)F)[C@H]2C[C@H]2O1. The van der Waals surface area contributed by atoms with E-state index in [4.69, 9.17) is 14.9 Å². The Morgan fingerprint density at radius 2 is 2.18 bits per heavy atom. The molecule has 10 heteroatoms. The third kappa shape index (κ3) is 2.92. The lowest BCUT2D eigenvalue weighted by Gasteiger charge is -2.33. The van der Waals surface area contributed by atoms with Gasteiger partial charge in [0.1, 0.15) is 23.9 Å². The Balaban J connectivity index is 1.69. The second-order valence-electron chi connectivity index (χ2n) is 6.75. The van der Waals surface area contributed by atoms with Crippen LogP contribution in [-0.4, -0.2) is 29.3 Å². The molecule has 0 spiro atoms. The van der Waals surface area contributed by atoms with Crippen LogP contribution in [0.1, 0.15) is 33.9 Å². The molecular weight excluding hydrogens is 382 g/mol. The summed E-state index contributed by atoms with van der Waals surface area (Å²) in [7, 11) is 0. The van der Waals surface area contributed by atoms with Crippen molar-refractivity contribution >= 4 is 11.8 Å². The topological polar surface area (TPSA) is 90.7 Å². The lowest BCUT2D eigenvalue weighted by atomic mass is 9.83. The summed E-state index contributed by atoms with van der Waals surface area (Å²) in [5, 5.41) is 0. The number of aliphatic imine (C=N–C) groups is 1. The molecule has 148 valence electrons. The van der Waals surface area contributed by atoms with E-state index in [9.17, 15) is 22.4 Å². The molecule has 1 aliphatic carbocycles. The van der Waals surface area contributed by atoms with E-state index in [0.717, 1.165) is 12.3 Å². The predicted octanol–water partition coefficient (Wildman–Crippen LogP) is 2.90. The molecule has 28 heavy (non-hydrogen) atoms. The Labute approximate surface area is 156 Å². The molecule has 0 saturated heterocycles. The van der Waals surface area contributed by atoms with Crippen molar-refractivity contribution in [3.63, 3.8) is 0 Å². The average molecular weight is 397 g/mol. The Kier molecular flexibility index (Phi) is 4.35. The monoisotopic (exact) mass is 397 g/mol. The number of alkyl halides is 3. The number of fused-ring (bicyclic) bond motifs is 1. The first-order chi connectivity index (χ1) is 13.3. The number of carbonyl (C=O) groups is 1. The first-order valence-corrected chi connectivity index (χ1v) is 8.47. The van der Waals surface area contributed by atoms with Gasteiger partial charge < -0.3 is 14.9 Å². The minimum Gasteiger partial charge on any atom is -0.462 e. The van der Waals surface area contributed by atoms with Gasteiger partial charge in [0.15, 0.2) is 18.0 Å². The van der Waals surface area contributed by atoms with E-state index in [0.29, 0.717) is 0 Å². The lowest BCUT2D eigenvalue weighted by molar-refractivity contribution is 0.0176. The van der Waals surface area contributed by atoms with Crippen LogP contribution < -0.4 is 5.73 Å². The van der Waals surface area contributed by atoms with E-state index < -0.39 is 48.3 Å². The Morgan fingerprint density at radius 3 is 2.86 bits per heavy atom. The molecule has 1 aromatic heterocycles. The molecular formula is C18H15F4N3O3. The van der Waals surface area contributed by atoms with E-state index >= 15 is 0 Å². The zero-order chi connectivity index (χ0) is 20.1. The van der Waals surface area contributed by atoms with Crippen molar-refractivity contribution in [2.24, 2.45) is 16.6 Å². The van der Waals surface area contributed by atoms with Crippen LogP contribution in [0.15, 0.2) is 33.9 Å². The van der Waals surface area contributed by atoms with Gasteiger partial charge in [0.25, 0.3) is 12.4 Å². The quantitative estimate of drug-likeness (QED) is 0.598. The molecule has 2 N–H and O–H groups in total. The van der Waals surface area contributed by atoms with Crippen molar-refractivity contribution in [3.8, 4) is 0 Å². The maximum atomic E-state index is 14.5. The van der Waals surface area contributed by atoms with Gasteiger partial charge >= 0.3 is 0 Å². The van der Waals surface area contributed by atoms with Crippen molar-refractivity contribution in [2.75, 3.05) is 0 Å². The molecule has 0 radical (unpaired) electrons. The molecule has 3 atom stereocenters. The van der Waals surface area contributed by atoms with Crippen LogP contribution in [0.2, 0.25) is 0 Å². The molecule has 1 fully saturated rings. The Bertz CT molecular complexity index is 961. The smallest absolute Gasteiger partial charge is 0.283 e. The molecule has 4 rings (SSSR count). The van der Waals surface area contributed by atoms with Crippen LogP contribution in [0.3, 0.4) is 0 Å². The third-order valence-corrected chi connectivity index (χ3v) is 4.98. The summed E-state index contributed by atoms with van der Waals surface area (Å²) >= 11 is 0. The predicted molar refractivity (Wildman–Crippen MR) is 88.0 cm³/mol. The van der Waals surface area contributed by atoms with E-state index in [1.54, 1.807) is 0 Å². The number of ether oxygens (including phenoxy) is 1. The number of carbonyl (C=O) groups excluding carboxylic acids is 1. The summed E-state index contributed by atoms with van der Waals surface area (Å²) in [6, 6.07) is 3.09. The summed E-state index contributed by atoms with van der Waals surface area (Å²) < 4.78 is 65.2. The van der Waals surface area contributed by atoms with Gasteiger partial charge in [-0.05, 0) is 24.1 Å². The molecule has 1 aliphatic heterocycles. The van der Waals surface area contributed by atoms with Crippen LogP contribution >= 0.6 is 0 Å². The second-order valence-corrected chi connectivity index (χ2v) is 6.75. The lowest BCUT2D eigenvalue weighted by Crippen LogP contribution is -2.43. The number of hydrogen-bond donors (Lipinski definition) is 1. The highest BCUT2D eigenvalue weighted by Crippen LogP contribution is 2.56. The number of nitrogens with two attached hydrogens (primary N) is 1. The number of oxazole rings is 1. The fourth-order valence-corrected chi connectivity index (χ4v) is 3.57. The molecule has 0 bridgehead atoms. The zero-order valence-electron chi connectivity index (χ0n) is 14.4. The average Bonchev–Trinajstić information content (AvgIpc) is 3.27. The molecule has 2 heterocycles. The highest BCUT2D eigenvalue weighted by Gasteiger charge is 2.64. The molecule has 6 nitrogen and oxygen atoms in total. The second kappa shape index (κ2) is 6.61. The fourth-order valence-electron chi connectivity index (χ4n) is 3.57. The van der Waals surface area contributed by atoms with Crippen molar-refractivity contribution in [1.82, 2.24) is 4.98 Å². The van der Waals surface area contributed by atoms with Gasteiger partial charge in [-0.25, -0.2) is 27.5 Å². The number of Topliss-reactive ketones (excluding diaryl/α,β-unsaturated/α-hetero) is 1.